The van der Waals surface area contributed by atoms with Gasteiger partial charge in [0.05, 0.1) is 0 Å². The first kappa shape index (κ1) is 20.6. The second kappa shape index (κ2) is 8.89. The van der Waals surface area contributed by atoms with Crippen LogP contribution in [0.5, 0.6) is 0 Å². The Morgan fingerprint density at radius 2 is 1.68 bits per heavy atom. The lowest BCUT2D eigenvalue weighted by Crippen LogP contribution is -2.12. The van der Waals surface area contributed by atoms with Crippen molar-refractivity contribution in [3.63, 3.8) is 0 Å². The lowest BCUT2D eigenvalue weighted by atomic mass is 10.2. The van der Waals surface area contributed by atoms with Crippen molar-refractivity contribution in [2.24, 2.45) is 0 Å². The smallest absolute Gasteiger partial charge is 0.0253 e. The Balaban J connectivity index is 2.50. The van der Waals surface area contributed by atoms with Crippen molar-refractivity contribution >= 4 is 21.8 Å². The van der Waals surface area contributed by atoms with Crippen molar-refractivity contribution in [3.8, 4) is 0 Å². The molecule has 0 saturated heterocycles. The first-order chi connectivity index (χ1) is 13.6. The van der Waals surface area contributed by atoms with Gasteiger partial charge >= 0.3 is 0 Å². The number of hydrogen-bond donors (Lipinski definition) is 0. The summed E-state index contributed by atoms with van der Waals surface area (Å²) in [6, 6.07) is 19.9. The number of allylic oxidation sites excluding steroid dienone is 7. The average Bonchev–Trinajstić information content (AvgIpc) is 2.73. The van der Waals surface area contributed by atoms with Crippen molar-refractivity contribution in [2.45, 2.75) is 42.4 Å². The standard InChI is InChI=1S/C26H28S2/c1-6-14-20(4)26-21(5)28(22(8-3)15-7-2,23-16-10-9-11-17-23)25-19-13-12-18-24(25)27-26/h6-19H,1H2,2-5H3/b15-7-,20-14-,22-8+. The van der Waals surface area contributed by atoms with Gasteiger partial charge in [-0.15, -0.1) is 10.0 Å². The first-order valence-electron chi connectivity index (χ1n) is 9.56. The van der Waals surface area contributed by atoms with Gasteiger partial charge in [0, 0.05) is 19.6 Å². The summed E-state index contributed by atoms with van der Waals surface area (Å²) in [5.41, 5.74) is 1.27. The Morgan fingerprint density at radius 3 is 2.32 bits per heavy atom. The highest BCUT2D eigenvalue weighted by molar-refractivity contribution is 8.40. The molecule has 1 aliphatic rings. The predicted molar refractivity (Wildman–Crippen MR) is 128 cm³/mol. The van der Waals surface area contributed by atoms with Gasteiger partial charge < -0.3 is 0 Å². The van der Waals surface area contributed by atoms with E-state index in [0.29, 0.717) is 0 Å². The van der Waals surface area contributed by atoms with Crippen molar-refractivity contribution in [1.82, 2.24) is 0 Å². The zero-order chi connectivity index (χ0) is 20.1. The minimum atomic E-state index is -1.52. The molecule has 0 bridgehead atoms. The molecule has 2 aromatic rings. The maximum absolute atomic E-state index is 3.92. The summed E-state index contributed by atoms with van der Waals surface area (Å²) < 4.78 is 0. The molecular weight excluding hydrogens is 376 g/mol. The Bertz CT molecular complexity index is 990. The second-order valence-corrected chi connectivity index (χ2v) is 10.9. The topological polar surface area (TPSA) is 0 Å². The maximum atomic E-state index is 3.92. The van der Waals surface area contributed by atoms with Crippen molar-refractivity contribution < 1.29 is 0 Å². The van der Waals surface area contributed by atoms with E-state index in [1.54, 1.807) is 0 Å². The molecule has 0 amide bonds. The molecule has 0 nitrogen and oxygen atoms in total. The van der Waals surface area contributed by atoms with Gasteiger partial charge in [0.25, 0.3) is 0 Å². The van der Waals surface area contributed by atoms with E-state index in [0.717, 1.165) is 0 Å². The van der Waals surface area contributed by atoms with Crippen LogP contribution in [-0.2, 0) is 0 Å². The molecule has 2 heteroatoms. The number of rotatable bonds is 5. The van der Waals surface area contributed by atoms with Crippen LogP contribution >= 0.6 is 21.8 Å². The summed E-state index contributed by atoms with van der Waals surface area (Å²) in [6.07, 6.45) is 10.8. The summed E-state index contributed by atoms with van der Waals surface area (Å²) in [6.45, 7) is 12.7. The highest BCUT2D eigenvalue weighted by atomic mass is 32.3. The van der Waals surface area contributed by atoms with Crippen LogP contribution in [0, 0.1) is 0 Å². The third kappa shape index (κ3) is 3.36. The summed E-state index contributed by atoms with van der Waals surface area (Å²) in [5, 5.41) is 0. The minimum absolute atomic E-state index is 1.27. The minimum Gasteiger partial charge on any atom is -0.135 e. The van der Waals surface area contributed by atoms with E-state index < -0.39 is 10.0 Å². The van der Waals surface area contributed by atoms with Crippen molar-refractivity contribution in [1.29, 1.82) is 0 Å². The molecule has 0 spiro atoms. The molecule has 1 heterocycles. The molecule has 0 aromatic heterocycles. The van der Waals surface area contributed by atoms with Gasteiger partial charge in [0.1, 0.15) is 0 Å². The van der Waals surface area contributed by atoms with Crippen LogP contribution in [0.4, 0.5) is 0 Å². The largest absolute Gasteiger partial charge is 0.135 e. The average molecular weight is 405 g/mol. The molecule has 1 unspecified atom stereocenters. The third-order valence-electron chi connectivity index (χ3n) is 4.96. The number of benzene rings is 2. The van der Waals surface area contributed by atoms with E-state index in [-0.39, 0.29) is 0 Å². The van der Waals surface area contributed by atoms with Gasteiger partial charge in [-0.3, -0.25) is 0 Å². The van der Waals surface area contributed by atoms with Crippen LogP contribution in [0.15, 0.2) is 127 Å². The lowest BCUT2D eigenvalue weighted by molar-refractivity contribution is 1.20. The molecule has 0 aliphatic carbocycles. The van der Waals surface area contributed by atoms with E-state index in [1.807, 2.05) is 17.8 Å². The molecule has 0 fully saturated rings. The van der Waals surface area contributed by atoms with Gasteiger partial charge in [-0.25, -0.2) is 0 Å². The Hall–Kier alpha value is -2.16. The summed E-state index contributed by atoms with van der Waals surface area (Å²) >= 11 is 1.89. The Labute approximate surface area is 175 Å². The first-order valence-corrected chi connectivity index (χ1v) is 12.0. The fourth-order valence-electron chi connectivity index (χ4n) is 3.79. The van der Waals surface area contributed by atoms with Crippen LogP contribution in [-0.4, -0.2) is 0 Å². The number of fused-ring (bicyclic) bond motifs is 1. The maximum Gasteiger partial charge on any atom is 0.0253 e. The fraction of sp³-hybridized carbons (Fsp3) is 0.154. The van der Waals surface area contributed by atoms with Gasteiger partial charge in [0.15, 0.2) is 0 Å². The molecule has 0 radical (unpaired) electrons. The van der Waals surface area contributed by atoms with E-state index in [1.165, 1.54) is 35.0 Å². The molecule has 28 heavy (non-hydrogen) atoms. The zero-order valence-corrected chi connectivity index (χ0v) is 18.7. The second-order valence-electron chi connectivity index (χ2n) is 6.64. The van der Waals surface area contributed by atoms with E-state index in [4.69, 9.17) is 0 Å². The highest BCUT2D eigenvalue weighted by Crippen LogP contribution is 2.78. The van der Waals surface area contributed by atoms with Gasteiger partial charge in [-0.05, 0) is 67.3 Å². The summed E-state index contributed by atoms with van der Waals surface area (Å²) in [7, 11) is -1.52. The molecule has 1 atom stereocenters. The quantitative estimate of drug-likeness (QED) is 0.448. The van der Waals surface area contributed by atoms with Gasteiger partial charge in [-0.2, -0.15) is 0 Å². The fourth-order valence-corrected chi connectivity index (χ4v) is 9.87. The van der Waals surface area contributed by atoms with Crippen LogP contribution in [0.2, 0.25) is 0 Å². The molecule has 0 saturated carbocycles. The molecule has 144 valence electrons. The predicted octanol–water partition coefficient (Wildman–Crippen LogP) is 8.86. The monoisotopic (exact) mass is 404 g/mol. The molecule has 2 aromatic carbocycles. The van der Waals surface area contributed by atoms with Gasteiger partial charge in [0.2, 0.25) is 0 Å². The molecular formula is C26H28S2. The van der Waals surface area contributed by atoms with E-state index >= 15 is 0 Å². The van der Waals surface area contributed by atoms with Crippen LogP contribution in [0.25, 0.3) is 0 Å². The van der Waals surface area contributed by atoms with Crippen molar-refractivity contribution in [2.75, 3.05) is 0 Å². The zero-order valence-electron chi connectivity index (χ0n) is 17.1. The molecule has 1 aliphatic heterocycles. The lowest BCUT2D eigenvalue weighted by Gasteiger charge is -2.47. The van der Waals surface area contributed by atoms with Crippen LogP contribution < -0.4 is 0 Å². The normalized spacial score (nSPS) is 22.7. The molecule has 0 N–H and O–H groups in total. The number of thioether (sulfide) groups is 1. The van der Waals surface area contributed by atoms with E-state index in [2.05, 4.69) is 113 Å². The van der Waals surface area contributed by atoms with Crippen LogP contribution in [0.3, 0.4) is 0 Å². The summed E-state index contributed by atoms with van der Waals surface area (Å²) in [4.78, 5) is 8.36. The van der Waals surface area contributed by atoms with Gasteiger partial charge in [-0.1, -0.05) is 79.1 Å². The summed E-state index contributed by atoms with van der Waals surface area (Å²) in [5.74, 6) is 0. The highest BCUT2D eigenvalue weighted by Gasteiger charge is 2.40. The Morgan fingerprint density at radius 1 is 1.00 bits per heavy atom. The third-order valence-corrected chi connectivity index (χ3v) is 10.8. The molecule has 3 rings (SSSR count). The van der Waals surface area contributed by atoms with Crippen LogP contribution in [0.1, 0.15) is 27.7 Å². The van der Waals surface area contributed by atoms with E-state index in [9.17, 15) is 0 Å². The number of hydrogen-bond acceptors (Lipinski definition) is 1. The SMILES string of the molecule is C=C/C=C(/C)C1=C(C)S(C(/C=C\C)=C/C)(c2ccccc2)c2ccccc2S1. The van der Waals surface area contributed by atoms with Crippen molar-refractivity contribution in [3.05, 3.63) is 112 Å². The Kier molecular flexibility index (Phi) is 6.53.